The molecule has 4 aromatic rings. The minimum absolute atomic E-state index is 0.0127. The monoisotopic (exact) mass is 467 g/mol. The van der Waals surface area contributed by atoms with E-state index in [1.807, 2.05) is 37.3 Å². The highest BCUT2D eigenvalue weighted by Gasteiger charge is 2.19. The highest BCUT2D eigenvalue weighted by molar-refractivity contribution is 7.92. The Kier molecular flexibility index (Phi) is 5.93. The molecule has 0 fully saturated rings. The Labute approximate surface area is 189 Å². The maximum Gasteiger partial charge on any atom is 0.318 e. The molecule has 0 aliphatic heterocycles. The highest BCUT2D eigenvalue weighted by Crippen LogP contribution is 2.27. The number of halogens is 1. The predicted octanol–water partition coefficient (Wildman–Crippen LogP) is 5.25. The molecule has 0 saturated heterocycles. The summed E-state index contributed by atoms with van der Waals surface area (Å²) >= 11 is 5.29. The van der Waals surface area contributed by atoms with Gasteiger partial charge in [0.15, 0.2) is 11.6 Å². The zero-order valence-corrected chi connectivity index (χ0v) is 18.4. The number of amides is 1. The molecule has 32 heavy (non-hydrogen) atoms. The summed E-state index contributed by atoms with van der Waals surface area (Å²) in [5.74, 6) is 0.324. The van der Waals surface area contributed by atoms with E-state index in [-0.39, 0.29) is 16.5 Å². The number of fused-ring (bicyclic) bond motifs is 1. The van der Waals surface area contributed by atoms with Crippen LogP contribution >= 0.6 is 11.6 Å². The smallest absolute Gasteiger partial charge is 0.318 e. The molecule has 8 nitrogen and oxygen atoms in total. The van der Waals surface area contributed by atoms with E-state index in [0.29, 0.717) is 16.7 Å². The number of aryl methyl sites for hydroxylation is 1. The van der Waals surface area contributed by atoms with Crippen LogP contribution < -0.4 is 15.4 Å². The van der Waals surface area contributed by atoms with Gasteiger partial charge in [0.25, 0.3) is 10.0 Å². The van der Waals surface area contributed by atoms with Gasteiger partial charge in [0.1, 0.15) is 0 Å². The maximum atomic E-state index is 13.0. The molecule has 1 amide bonds. The largest absolute Gasteiger partial charge is 0.337 e. The summed E-state index contributed by atoms with van der Waals surface area (Å²) in [7, 11) is -3.99. The minimum Gasteiger partial charge on any atom is -0.337 e. The van der Waals surface area contributed by atoms with E-state index in [1.165, 1.54) is 24.3 Å². The number of rotatable bonds is 6. The Morgan fingerprint density at radius 3 is 1.97 bits per heavy atom. The average Bonchev–Trinajstić information content (AvgIpc) is 2.75. The lowest BCUT2D eigenvalue weighted by Crippen LogP contribution is -2.16. The first kappa shape index (κ1) is 21.5. The van der Waals surface area contributed by atoms with Crippen molar-refractivity contribution in [3.05, 3.63) is 78.4 Å². The molecule has 0 atom stereocenters. The third kappa shape index (κ3) is 4.96. The second kappa shape index (κ2) is 8.81. The van der Waals surface area contributed by atoms with Gasteiger partial charge in [-0.25, -0.2) is 18.4 Å². The first-order valence-corrected chi connectivity index (χ1v) is 11.4. The van der Waals surface area contributed by atoms with Gasteiger partial charge in [-0.05, 0) is 67.1 Å². The summed E-state index contributed by atoms with van der Waals surface area (Å²) < 4.78 is 28.5. The second-order valence-electron chi connectivity index (χ2n) is 6.93. The molecule has 0 spiro atoms. The molecular weight excluding hydrogens is 450 g/mol. The van der Waals surface area contributed by atoms with E-state index in [4.69, 9.17) is 11.6 Å². The molecule has 0 saturated carbocycles. The van der Waals surface area contributed by atoms with Crippen molar-refractivity contribution in [3.8, 4) is 0 Å². The van der Waals surface area contributed by atoms with Crippen LogP contribution in [0.2, 0.25) is 0 Å². The summed E-state index contributed by atoms with van der Waals surface area (Å²) in [6, 6.07) is 20.4. The number of sulfonamides is 1. The molecule has 1 aromatic heterocycles. The van der Waals surface area contributed by atoms with Gasteiger partial charge in [0.05, 0.1) is 15.9 Å². The van der Waals surface area contributed by atoms with Crippen molar-refractivity contribution in [1.29, 1.82) is 0 Å². The summed E-state index contributed by atoms with van der Waals surface area (Å²) in [5.41, 5.74) is 3.36. The fourth-order valence-corrected chi connectivity index (χ4v) is 4.07. The third-order valence-electron chi connectivity index (χ3n) is 4.52. The van der Waals surface area contributed by atoms with Gasteiger partial charge in [-0.3, -0.25) is 9.52 Å². The number of hydrogen-bond acceptors (Lipinski definition) is 6. The van der Waals surface area contributed by atoms with Gasteiger partial charge in [-0.15, -0.1) is 0 Å². The first-order chi connectivity index (χ1) is 15.3. The quantitative estimate of drug-likeness (QED) is 0.263. The van der Waals surface area contributed by atoms with Crippen LogP contribution in [0.4, 0.5) is 27.8 Å². The SMILES string of the molecule is Cc1ccc(Nc2nc3ccccc3nc2NS(=O)(=O)c2ccc(NC(=O)Cl)cc2)cc1. The van der Waals surface area contributed by atoms with Crippen LogP contribution in [-0.4, -0.2) is 23.8 Å². The molecule has 3 N–H and O–H groups in total. The van der Waals surface area contributed by atoms with Gasteiger partial charge in [0.2, 0.25) is 0 Å². The average molecular weight is 468 g/mol. The molecule has 0 radical (unpaired) electrons. The van der Waals surface area contributed by atoms with Gasteiger partial charge in [-0.1, -0.05) is 29.8 Å². The van der Waals surface area contributed by atoms with Crippen LogP contribution in [0.3, 0.4) is 0 Å². The molecule has 0 bridgehead atoms. The van der Waals surface area contributed by atoms with E-state index in [9.17, 15) is 13.2 Å². The van der Waals surface area contributed by atoms with Crippen molar-refractivity contribution >= 4 is 61.0 Å². The van der Waals surface area contributed by atoms with Crippen molar-refractivity contribution in [2.24, 2.45) is 0 Å². The summed E-state index contributed by atoms with van der Waals surface area (Å²) in [6.45, 7) is 1.98. The number of hydrogen-bond donors (Lipinski definition) is 3. The predicted molar refractivity (Wildman–Crippen MR) is 126 cm³/mol. The highest BCUT2D eigenvalue weighted by atomic mass is 35.5. The zero-order valence-electron chi connectivity index (χ0n) is 16.8. The fourth-order valence-electron chi connectivity index (χ4n) is 2.95. The molecule has 1 heterocycles. The maximum absolute atomic E-state index is 13.0. The summed E-state index contributed by atoms with van der Waals surface area (Å²) in [6.07, 6.45) is 0. The van der Waals surface area contributed by atoms with Crippen LogP contribution in [0, 0.1) is 6.92 Å². The van der Waals surface area contributed by atoms with E-state index in [1.54, 1.807) is 18.2 Å². The standard InChI is InChI=1S/C22H18ClN5O3S/c1-14-6-8-15(9-7-14)24-20-21(27-19-5-3-2-4-18(19)26-20)28-32(30,31)17-12-10-16(11-13-17)25-22(23)29/h2-13H,1H3,(H,24,26)(H,25,29)(H,27,28). The van der Waals surface area contributed by atoms with Crippen LogP contribution in [0.25, 0.3) is 11.0 Å². The Hall–Kier alpha value is -3.69. The van der Waals surface area contributed by atoms with Crippen molar-refractivity contribution < 1.29 is 13.2 Å². The van der Waals surface area contributed by atoms with Crippen LogP contribution in [0.15, 0.2) is 77.7 Å². The van der Waals surface area contributed by atoms with Crippen LogP contribution in [0.5, 0.6) is 0 Å². The first-order valence-electron chi connectivity index (χ1n) is 9.50. The zero-order chi connectivity index (χ0) is 22.7. The Balaban J connectivity index is 1.70. The van der Waals surface area contributed by atoms with Crippen LogP contribution in [-0.2, 0) is 10.0 Å². The molecule has 10 heteroatoms. The van der Waals surface area contributed by atoms with E-state index < -0.39 is 15.4 Å². The topological polar surface area (TPSA) is 113 Å². The second-order valence-corrected chi connectivity index (χ2v) is 8.95. The Morgan fingerprint density at radius 2 is 1.38 bits per heavy atom. The number of benzene rings is 3. The lowest BCUT2D eigenvalue weighted by atomic mass is 10.2. The number of nitrogens with one attached hydrogen (secondary N) is 3. The molecule has 3 aromatic carbocycles. The molecular formula is C22H18ClN5O3S. The van der Waals surface area contributed by atoms with Crippen molar-refractivity contribution in [2.75, 3.05) is 15.4 Å². The number of para-hydroxylation sites is 2. The van der Waals surface area contributed by atoms with Crippen molar-refractivity contribution in [3.63, 3.8) is 0 Å². The van der Waals surface area contributed by atoms with E-state index in [2.05, 4.69) is 25.3 Å². The van der Waals surface area contributed by atoms with E-state index in [0.717, 1.165) is 11.3 Å². The third-order valence-corrected chi connectivity index (χ3v) is 5.97. The molecule has 4 rings (SSSR count). The number of aromatic nitrogens is 2. The molecule has 0 unspecified atom stereocenters. The summed E-state index contributed by atoms with van der Waals surface area (Å²) in [4.78, 5) is 20.0. The van der Waals surface area contributed by atoms with Crippen molar-refractivity contribution in [1.82, 2.24) is 9.97 Å². The lowest BCUT2D eigenvalue weighted by molar-refractivity contribution is 0.269. The lowest BCUT2D eigenvalue weighted by Gasteiger charge is -2.14. The minimum atomic E-state index is -3.99. The number of carbonyl (C=O) groups is 1. The normalized spacial score (nSPS) is 11.2. The van der Waals surface area contributed by atoms with Gasteiger partial charge in [-0.2, -0.15) is 0 Å². The van der Waals surface area contributed by atoms with Gasteiger partial charge in [0, 0.05) is 11.4 Å². The van der Waals surface area contributed by atoms with Gasteiger partial charge >= 0.3 is 5.37 Å². The fraction of sp³-hybridized carbons (Fsp3) is 0.0455. The summed E-state index contributed by atoms with van der Waals surface area (Å²) in [5, 5.41) is 4.74. The number of carbonyl (C=O) groups excluding carboxylic acids is 1. The number of nitrogens with zero attached hydrogens (tertiary/aromatic N) is 2. The Morgan fingerprint density at radius 1 is 0.812 bits per heavy atom. The van der Waals surface area contributed by atoms with E-state index >= 15 is 0 Å². The molecule has 0 aliphatic carbocycles. The number of anilines is 4. The Bertz CT molecular complexity index is 1390. The van der Waals surface area contributed by atoms with Crippen molar-refractivity contribution in [2.45, 2.75) is 11.8 Å². The van der Waals surface area contributed by atoms with Gasteiger partial charge < -0.3 is 10.6 Å². The molecule has 0 aliphatic rings. The molecule has 162 valence electrons. The van der Waals surface area contributed by atoms with Crippen LogP contribution in [0.1, 0.15) is 5.56 Å².